The van der Waals surface area contributed by atoms with Crippen LogP contribution in [-0.4, -0.2) is 82.5 Å². The Morgan fingerprint density at radius 2 is 1.19 bits per heavy atom. The molecule has 2 heterocycles. The fourth-order valence-corrected chi connectivity index (χ4v) is 8.74. The second-order valence-corrected chi connectivity index (χ2v) is 19.8. The molecule has 23 heteroatoms. The average Bonchev–Trinajstić information content (AvgIpc) is 3.30. The van der Waals surface area contributed by atoms with Crippen LogP contribution in [0.15, 0.2) is 80.7 Å². The van der Waals surface area contributed by atoms with Gasteiger partial charge in [0.2, 0.25) is 0 Å². The minimum absolute atomic E-state index is 0. The Labute approximate surface area is 497 Å². The molecule has 1 atom stereocenters. The Bertz CT molecular complexity index is 2230. The number of allylic oxidation sites excluding steroid dienone is 5. The molecule has 0 aromatic heterocycles. The molecule has 0 saturated heterocycles. The fraction of sp³-hybridized carbons (Fsp3) is 0.419. The van der Waals surface area contributed by atoms with Crippen molar-refractivity contribution in [3.8, 4) is 0 Å². The van der Waals surface area contributed by atoms with E-state index in [9.17, 15) is 51.9 Å². The number of halogens is 1. The number of nitrogens with zero attached hydrogens (tertiary/aromatic N) is 2. The zero-order valence-electron chi connectivity index (χ0n) is 31.4. The van der Waals surface area contributed by atoms with E-state index in [0.29, 0.717) is 32.7 Å². The third kappa shape index (κ3) is 15.0. The van der Waals surface area contributed by atoms with Crippen LogP contribution in [0.3, 0.4) is 0 Å². The third-order valence-corrected chi connectivity index (χ3v) is 12.7. The molecule has 54 heavy (non-hydrogen) atoms. The second-order valence-electron chi connectivity index (χ2n) is 13.1. The summed E-state index contributed by atoms with van der Waals surface area (Å²) in [5.74, 6) is -1.24. The van der Waals surface area contributed by atoms with E-state index in [2.05, 4.69) is 15.9 Å². The minimum Gasteiger partial charge on any atom is -0.748 e. The Morgan fingerprint density at radius 1 is 0.722 bits per heavy atom. The topological polar surface area (TPSA) is 235 Å². The standard InChI is InChI=1S/C31H39BrN2O12S4.4K/c1-30(2)24-19-22(49(41,42)43)9-11-26(24)33(15-5-17-47(35,36)37)28(30)13-7-21(32)8-14-29-31(3,4)25-20-23(50(44,45)46)10-12-27(25)34(29)16-6-18-48(38,39)40;;;;/h7-14,19-20,28H,5-6,15-18H2,1-4H3,(H,35,36,37)(H,38,39,40)(H,41,42,43)(H,44,45,46);;;;/q;4*+1/p-4/b13-7+,21-8-,29-14-;;;;. The van der Waals surface area contributed by atoms with Crippen LogP contribution >= 0.6 is 15.9 Å². The third-order valence-electron chi connectivity index (χ3n) is 8.90. The molecule has 2 aromatic rings. The van der Waals surface area contributed by atoms with Crippen LogP contribution in [0.2, 0.25) is 0 Å². The van der Waals surface area contributed by atoms with Crippen molar-refractivity contribution >= 4 is 67.8 Å². The van der Waals surface area contributed by atoms with E-state index in [4.69, 9.17) is 0 Å². The molecule has 2 aromatic carbocycles. The molecule has 276 valence electrons. The van der Waals surface area contributed by atoms with E-state index < -0.39 is 78.6 Å². The molecule has 0 aliphatic carbocycles. The largest absolute Gasteiger partial charge is 1.00 e. The quantitative estimate of drug-likeness (QED) is 0.103. The van der Waals surface area contributed by atoms with Crippen molar-refractivity contribution in [3.63, 3.8) is 0 Å². The van der Waals surface area contributed by atoms with Gasteiger partial charge < -0.3 is 28.0 Å². The van der Waals surface area contributed by atoms with E-state index in [-0.39, 0.29) is 231 Å². The molecule has 0 saturated carbocycles. The normalized spacial score (nSPS) is 18.6. The van der Waals surface area contributed by atoms with Gasteiger partial charge >= 0.3 is 206 Å². The number of benzene rings is 2. The first-order valence-corrected chi connectivity index (χ1v) is 21.9. The maximum absolute atomic E-state index is 11.8. The van der Waals surface area contributed by atoms with Crippen LogP contribution in [0.4, 0.5) is 11.4 Å². The van der Waals surface area contributed by atoms with Gasteiger partial charge in [0.15, 0.2) is 0 Å². The van der Waals surface area contributed by atoms with Gasteiger partial charge in [-0.2, -0.15) is 0 Å². The molecule has 0 spiro atoms. The van der Waals surface area contributed by atoms with Gasteiger partial charge in [-0.25, -0.2) is 33.7 Å². The van der Waals surface area contributed by atoms with Crippen molar-refractivity contribution in [1.82, 2.24) is 0 Å². The summed E-state index contributed by atoms with van der Waals surface area (Å²) in [6.07, 6.45) is 6.89. The molecule has 0 N–H and O–H groups in total. The minimum atomic E-state index is -4.78. The first kappa shape index (κ1) is 57.9. The number of fused-ring (bicyclic) bond motifs is 2. The predicted octanol–water partition coefficient (Wildman–Crippen LogP) is -8.64. The average molecular weight is 992 g/mol. The molecule has 0 fully saturated rings. The van der Waals surface area contributed by atoms with Gasteiger partial charge in [-0.3, -0.25) is 0 Å². The first-order valence-electron chi connectivity index (χ1n) is 15.1. The van der Waals surface area contributed by atoms with E-state index in [1.807, 2.05) is 18.7 Å². The Balaban J connectivity index is 0.00000702. The maximum Gasteiger partial charge on any atom is 1.00 e. The number of rotatable bonds is 13. The van der Waals surface area contributed by atoms with Crippen molar-refractivity contribution in [1.29, 1.82) is 0 Å². The zero-order valence-corrected chi connectivity index (χ0v) is 48.7. The summed E-state index contributed by atoms with van der Waals surface area (Å²) in [6, 6.07) is 7.38. The molecule has 2 aliphatic heterocycles. The van der Waals surface area contributed by atoms with E-state index >= 15 is 0 Å². The predicted molar refractivity (Wildman–Crippen MR) is 186 cm³/mol. The molecular formula is C31H35BrK4N2O12S4. The molecule has 1 unspecified atom stereocenters. The van der Waals surface area contributed by atoms with Gasteiger partial charge in [0.1, 0.15) is 20.2 Å². The molecule has 0 amide bonds. The number of anilines is 2. The summed E-state index contributed by atoms with van der Waals surface area (Å²) in [7, 11) is -18.5. The van der Waals surface area contributed by atoms with Crippen molar-refractivity contribution in [2.24, 2.45) is 0 Å². The van der Waals surface area contributed by atoms with Crippen molar-refractivity contribution in [2.75, 3.05) is 34.4 Å². The summed E-state index contributed by atoms with van der Waals surface area (Å²) >= 11 is 3.52. The van der Waals surface area contributed by atoms with Crippen LogP contribution in [0, 0.1) is 0 Å². The number of hydrogen-bond donors (Lipinski definition) is 0. The van der Waals surface area contributed by atoms with Gasteiger partial charge in [0.25, 0.3) is 0 Å². The molecule has 2 aliphatic rings. The van der Waals surface area contributed by atoms with Crippen LogP contribution in [0.5, 0.6) is 0 Å². The second kappa shape index (κ2) is 22.5. The van der Waals surface area contributed by atoms with Crippen LogP contribution in [-0.2, 0) is 51.3 Å². The Kier molecular flexibility index (Phi) is 24.2. The molecule has 0 bridgehead atoms. The van der Waals surface area contributed by atoms with Crippen LogP contribution in [0.1, 0.15) is 51.7 Å². The Hall–Kier alpha value is 3.93. The fourth-order valence-electron chi connectivity index (χ4n) is 6.50. The summed E-state index contributed by atoms with van der Waals surface area (Å²) in [4.78, 5) is 2.75. The zero-order chi connectivity index (χ0) is 37.7. The van der Waals surface area contributed by atoms with Crippen molar-refractivity contribution in [3.05, 3.63) is 82.0 Å². The van der Waals surface area contributed by atoms with Crippen LogP contribution in [0.25, 0.3) is 0 Å². The monoisotopic (exact) mass is 990 g/mol. The van der Waals surface area contributed by atoms with Crippen molar-refractivity contribution in [2.45, 2.75) is 67.2 Å². The van der Waals surface area contributed by atoms with Gasteiger partial charge in [-0.15, -0.1) is 0 Å². The van der Waals surface area contributed by atoms with Gasteiger partial charge in [0, 0.05) is 57.0 Å². The molecule has 14 nitrogen and oxygen atoms in total. The summed E-state index contributed by atoms with van der Waals surface area (Å²) < 4.78 is 139. The number of hydrogen-bond acceptors (Lipinski definition) is 14. The molecular weight excluding hydrogens is 957 g/mol. The van der Waals surface area contributed by atoms with E-state index in [1.165, 1.54) is 36.4 Å². The summed E-state index contributed by atoms with van der Waals surface area (Å²) in [5, 5.41) is 0. The smallest absolute Gasteiger partial charge is 0.748 e. The van der Waals surface area contributed by atoms with Gasteiger partial charge in [-0.1, -0.05) is 49.7 Å². The van der Waals surface area contributed by atoms with E-state index in [1.54, 1.807) is 43.1 Å². The molecule has 0 radical (unpaired) electrons. The maximum atomic E-state index is 11.8. The molecule has 4 rings (SSSR count). The van der Waals surface area contributed by atoms with Crippen molar-refractivity contribution < 1.29 is 257 Å². The summed E-state index contributed by atoms with van der Waals surface area (Å²) in [6.45, 7) is 7.49. The van der Waals surface area contributed by atoms with Gasteiger partial charge in [0.05, 0.1) is 36.1 Å². The van der Waals surface area contributed by atoms with E-state index in [0.717, 1.165) is 0 Å². The van der Waals surface area contributed by atoms with Gasteiger partial charge in [-0.05, 0) is 78.6 Å². The SMILES string of the molecule is CC1(C)/C(=C/C=C(Br)/C=C/C2N(CCCS(=O)(=O)[O-])c3ccc(S(=O)(=O)[O-])cc3C2(C)C)N(CCCS(=O)(=O)[O-])c2ccc(S(=O)(=O)[O-])cc21.[K+].[K+].[K+].[K+]. The summed E-state index contributed by atoms with van der Waals surface area (Å²) in [5.41, 5.74) is 1.11. The first-order chi connectivity index (χ1) is 22.7. The van der Waals surface area contributed by atoms with Crippen LogP contribution < -0.4 is 215 Å². The Morgan fingerprint density at radius 3 is 1.67 bits per heavy atom.